The SMILES string of the molecule is CCCc1nc(SC)c(OC(=O)O)n1Cc1ccc(-c2ccccc2S(=O)(=O)NC(=O)NCC2CC2)cc1. The molecule has 0 radical (unpaired) electrons. The fraction of sp³-hybridized carbons (Fsp3) is 0.346. The molecule has 0 atom stereocenters. The zero-order valence-corrected chi connectivity index (χ0v) is 22.8. The van der Waals surface area contributed by atoms with Crippen LogP contribution < -0.4 is 14.8 Å². The van der Waals surface area contributed by atoms with Crippen molar-refractivity contribution in [1.29, 1.82) is 0 Å². The number of carbonyl (C=O) groups excluding carboxylic acids is 1. The van der Waals surface area contributed by atoms with E-state index in [0.29, 0.717) is 41.6 Å². The number of carbonyl (C=O) groups is 2. The average Bonchev–Trinajstić information content (AvgIpc) is 3.67. The molecule has 3 aromatic rings. The first-order valence-corrected chi connectivity index (χ1v) is 15.0. The number of urea groups is 1. The van der Waals surface area contributed by atoms with E-state index in [1.807, 2.05) is 25.3 Å². The Hall–Kier alpha value is -3.51. The number of carboxylic acid groups (broad SMARTS) is 1. The number of hydrogen-bond donors (Lipinski definition) is 3. The van der Waals surface area contributed by atoms with Crippen LogP contribution in [-0.2, 0) is 23.0 Å². The second-order valence-corrected chi connectivity index (χ2v) is 11.4. The van der Waals surface area contributed by atoms with E-state index in [1.54, 1.807) is 34.9 Å². The number of benzene rings is 2. The number of thioether (sulfide) groups is 1. The van der Waals surface area contributed by atoms with Crippen LogP contribution in [0.5, 0.6) is 5.88 Å². The summed E-state index contributed by atoms with van der Waals surface area (Å²) in [4.78, 5) is 28.0. The van der Waals surface area contributed by atoms with Crippen LogP contribution in [-0.4, -0.2) is 48.1 Å². The monoisotopic (exact) mass is 558 g/mol. The summed E-state index contributed by atoms with van der Waals surface area (Å²) in [6, 6.07) is 13.0. The molecule has 12 heteroatoms. The fourth-order valence-corrected chi connectivity index (χ4v) is 5.72. The molecular weight excluding hydrogens is 528 g/mol. The van der Waals surface area contributed by atoms with Gasteiger partial charge in [0.15, 0.2) is 5.03 Å². The first-order chi connectivity index (χ1) is 18.2. The van der Waals surface area contributed by atoms with Gasteiger partial charge in [-0.25, -0.2) is 27.7 Å². The van der Waals surface area contributed by atoms with E-state index in [4.69, 9.17) is 4.74 Å². The van der Waals surface area contributed by atoms with E-state index in [0.717, 1.165) is 30.7 Å². The molecule has 3 N–H and O–H groups in total. The van der Waals surface area contributed by atoms with Gasteiger partial charge in [0.1, 0.15) is 5.82 Å². The zero-order valence-electron chi connectivity index (χ0n) is 21.1. The van der Waals surface area contributed by atoms with Crippen molar-refractivity contribution in [2.45, 2.75) is 49.1 Å². The van der Waals surface area contributed by atoms with Gasteiger partial charge >= 0.3 is 12.2 Å². The minimum absolute atomic E-state index is 0.00378. The number of hydrogen-bond acceptors (Lipinski definition) is 7. The summed E-state index contributed by atoms with van der Waals surface area (Å²) in [5, 5.41) is 12.3. The number of amides is 2. The Kier molecular flexibility index (Phi) is 8.62. The van der Waals surface area contributed by atoms with Gasteiger partial charge < -0.3 is 15.2 Å². The van der Waals surface area contributed by atoms with Gasteiger partial charge in [0.2, 0.25) is 5.88 Å². The Morgan fingerprint density at radius 2 is 1.87 bits per heavy atom. The van der Waals surface area contributed by atoms with Crippen molar-refractivity contribution < 1.29 is 27.9 Å². The third-order valence-corrected chi connectivity index (χ3v) is 8.12. The maximum Gasteiger partial charge on any atom is 0.512 e. The summed E-state index contributed by atoms with van der Waals surface area (Å²) >= 11 is 1.31. The van der Waals surface area contributed by atoms with Gasteiger partial charge in [-0.2, -0.15) is 0 Å². The first-order valence-electron chi connectivity index (χ1n) is 12.2. The maximum atomic E-state index is 13.0. The molecule has 1 aliphatic rings. The molecule has 1 aliphatic carbocycles. The Morgan fingerprint density at radius 3 is 2.50 bits per heavy atom. The van der Waals surface area contributed by atoms with Crippen molar-refractivity contribution in [3.63, 3.8) is 0 Å². The second kappa shape index (κ2) is 11.9. The van der Waals surface area contributed by atoms with Gasteiger partial charge in [0.25, 0.3) is 10.0 Å². The van der Waals surface area contributed by atoms with Crippen molar-refractivity contribution in [1.82, 2.24) is 19.6 Å². The smallest absolute Gasteiger partial charge is 0.449 e. The molecule has 202 valence electrons. The van der Waals surface area contributed by atoms with Gasteiger partial charge in [0, 0.05) is 18.5 Å². The lowest BCUT2D eigenvalue weighted by atomic mass is 10.0. The topological polar surface area (TPSA) is 140 Å². The van der Waals surface area contributed by atoms with Crippen molar-refractivity contribution in [2.24, 2.45) is 5.92 Å². The lowest BCUT2D eigenvalue weighted by Gasteiger charge is -2.14. The first kappa shape index (κ1) is 27.5. The fourth-order valence-electron chi connectivity index (χ4n) is 4.03. The van der Waals surface area contributed by atoms with E-state index in [9.17, 15) is 23.1 Å². The van der Waals surface area contributed by atoms with Crippen LogP contribution in [0.1, 0.15) is 37.6 Å². The zero-order chi connectivity index (χ0) is 27.3. The van der Waals surface area contributed by atoms with E-state index < -0.39 is 22.2 Å². The second-order valence-electron chi connectivity index (χ2n) is 9.00. The van der Waals surface area contributed by atoms with Crippen molar-refractivity contribution in [3.05, 3.63) is 59.9 Å². The predicted octanol–water partition coefficient (Wildman–Crippen LogP) is 4.73. The maximum absolute atomic E-state index is 13.0. The molecular formula is C26H30N4O6S2. The minimum Gasteiger partial charge on any atom is -0.449 e. The van der Waals surface area contributed by atoms with Crippen LogP contribution in [0.4, 0.5) is 9.59 Å². The third-order valence-electron chi connectivity index (χ3n) is 6.08. The van der Waals surface area contributed by atoms with E-state index in [-0.39, 0.29) is 10.8 Å². The number of nitrogens with one attached hydrogen (secondary N) is 2. The summed E-state index contributed by atoms with van der Waals surface area (Å²) in [6.07, 6.45) is 3.96. The van der Waals surface area contributed by atoms with Crippen LogP contribution in [0.15, 0.2) is 58.5 Å². The van der Waals surface area contributed by atoms with Crippen molar-refractivity contribution in [3.8, 4) is 17.0 Å². The highest BCUT2D eigenvalue weighted by Gasteiger charge is 2.25. The third kappa shape index (κ3) is 6.67. The summed E-state index contributed by atoms with van der Waals surface area (Å²) in [5.74, 6) is 1.33. The lowest BCUT2D eigenvalue weighted by molar-refractivity contribution is 0.139. The molecule has 38 heavy (non-hydrogen) atoms. The Morgan fingerprint density at radius 1 is 1.16 bits per heavy atom. The number of rotatable bonds is 11. The highest BCUT2D eigenvalue weighted by atomic mass is 32.2. The van der Waals surface area contributed by atoms with E-state index >= 15 is 0 Å². The molecule has 2 amide bonds. The molecule has 1 fully saturated rings. The number of aromatic nitrogens is 2. The van der Waals surface area contributed by atoms with Gasteiger partial charge in [0.05, 0.1) is 11.4 Å². The van der Waals surface area contributed by atoms with E-state index in [2.05, 4.69) is 15.0 Å². The molecule has 1 aromatic heterocycles. The minimum atomic E-state index is -4.10. The molecule has 0 aliphatic heterocycles. The summed E-state index contributed by atoms with van der Waals surface area (Å²) < 4.78 is 35.0. The van der Waals surface area contributed by atoms with Gasteiger partial charge in [-0.15, -0.1) is 11.8 Å². The van der Waals surface area contributed by atoms with E-state index in [1.165, 1.54) is 17.8 Å². The molecule has 1 heterocycles. The molecule has 1 saturated carbocycles. The standard InChI is InChI=1S/C26H30N4O6S2/c1-3-6-22-28-23(37-2)24(36-26(32)33)30(22)16-18-11-13-19(14-12-18)20-7-4-5-8-21(20)38(34,35)29-25(31)27-15-17-9-10-17/h4-5,7-8,11-14,17H,3,6,9-10,15-16H2,1-2H3,(H,32,33)(H2,27,29,31). The highest BCUT2D eigenvalue weighted by Crippen LogP contribution is 2.32. The quantitative estimate of drug-likeness (QED) is 0.227. The highest BCUT2D eigenvalue weighted by molar-refractivity contribution is 7.98. The summed E-state index contributed by atoms with van der Waals surface area (Å²) in [5.41, 5.74) is 1.96. The van der Waals surface area contributed by atoms with Gasteiger partial charge in [-0.1, -0.05) is 49.4 Å². The van der Waals surface area contributed by atoms with Crippen LogP contribution in [0.3, 0.4) is 0 Å². The Labute approximate surface area is 225 Å². The summed E-state index contributed by atoms with van der Waals surface area (Å²) in [6.45, 7) is 2.80. The molecule has 10 nitrogen and oxygen atoms in total. The lowest BCUT2D eigenvalue weighted by Crippen LogP contribution is -2.40. The summed E-state index contributed by atoms with van der Waals surface area (Å²) in [7, 11) is -4.10. The molecule has 0 saturated heterocycles. The van der Waals surface area contributed by atoms with Crippen molar-refractivity contribution in [2.75, 3.05) is 12.8 Å². The van der Waals surface area contributed by atoms with Crippen LogP contribution in [0.25, 0.3) is 11.1 Å². The molecule has 0 bridgehead atoms. The molecule has 0 spiro atoms. The van der Waals surface area contributed by atoms with Crippen molar-refractivity contribution >= 4 is 34.0 Å². The number of nitrogens with zero attached hydrogens (tertiary/aromatic N) is 2. The average molecular weight is 559 g/mol. The van der Waals surface area contributed by atoms with Crippen LogP contribution in [0, 0.1) is 5.92 Å². The normalized spacial score (nSPS) is 13.2. The predicted molar refractivity (Wildman–Crippen MR) is 144 cm³/mol. The Bertz CT molecular complexity index is 1420. The molecule has 0 unspecified atom stereocenters. The van der Waals surface area contributed by atoms with Gasteiger partial charge in [-0.3, -0.25) is 4.57 Å². The van der Waals surface area contributed by atoms with Gasteiger partial charge in [-0.05, 0) is 48.6 Å². The number of ether oxygens (including phenoxy) is 1. The Balaban J connectivity index is 1.58. The largest absolute Gasteiger partial charge is 0.512 e. The number of sulfonamides is 1. The van der Waals surface area contributed by atoms with Crippen LogP contribution >= 0.6 is 11.8 Å². The van der Waals surface area contributed by atoms with Crippen LogP contribution in [0.2, 0.25) is 0 Å². The molecule has 2 aromatic carbocycles. The molecule has 4 rings (SSSR count). The number of imidazole rings is 1. The number of aryl methyl sites for hydroxylation is 1.